The van der Waals surface area contributed by atoms with Gasteiger partial charge in [-0.2, -0.15) is 0 Å². The summed E-state index contributed by atoms with van der Waals surface area (Å²) in [5, 5.41) is 9.14. The number of hydrogen-bond donors (Lipinski definition) is 1. The Morgan fingerprint density at radius 1 is 1.30 bits per heavy atom. The van der Waals surface area contributed by atoms with Gasteiger partial charge in [-0.15, -0.1) is 0 Å². The molecule has 1 fully saturated rings. The Hall–Kier alpha value is -2.24. The van der Waals surface area contributed by atoms with Gasteiger partial charge in [-0.25, -0.2) is 4.79 Å². The monoisotopic (exact) mass is 277 g/mol. The van der Waals surface area contributed by atoms with E-state index in [1.165, 1.54) is 11.8 Å². The Balaban J connectivity index is 1.88. The predicted molar refractivity (Wildman–Crippen MR) is 68.9 cm³/mol. The van der Waals surface area contributed by atoms with Crippen molar-refractivity contribution in [3.8, 4) is 11.5 Å². The fourth-order valence-electron chi connectivity index (χ4n) is 2.31. The molecule has 1 unspecified atom stereocenters. The maximum absolute atomic E-state index is 12.5. The van der Waals surface area contributed by atoms with Crippen molar-refractivity contribution in [2.24, 2.45) is 0 Å². The summed E-state index contributed by atoms with van der Waals surface area (Å²) >= 11 is 0. The Morgan fingerprint density at radius 2 is 2.00 bits per heavy atom. The number of carbonyl (C=O) groups excluding carboxylic acids is 1. The molecular weight excluding hydrogens is 262 g/mol. The van der Waals surface area contributed by atoms with Crippen LogP contribution in [0.4, 0.5) is 0 Å². The van der Waals surface area contributed by atoms with Gasteiger partial charge >= 0.3 is 5.97 Å². The molecule has 20 heavy (non-hydrogen) atoms. The lowest BCUT2D eigenvalue weighted by Gasteiger charge is -2.26. The first-order chi connectivity index (χ1) is 9.58. The lowest BCUT2D eigenvalue weighted by Crippen LogP contribution is -2.44. The molecule has 3 rings (SSSR count). The van der Waals surface area contributed by atoms with Crippen molar-refractivity contribution in [1.29, 1.82) is 0 Å². The van der Waals surface area contributed by atoms with Crippen LogP contribution in [0, 0.1) is 0 Å². The molecule has 1 saturated carbocycles. The van der Waals surface area contributed by atoms with Gasteiger partial charge in [-0.1, -0.05) is 0 Å². The number of benzene rings is 1. The first kappa shape index (κ1) is 12.8. The smallest absolute Gasteiger partial charge is 0.326 e. The number of carbonyl (C=O) groups is 2. The van der Waals surface area contributed by atoms with Crippen molar-refractivity contribution >= 4 is 11.9 Å². The van der Waals surface area contributed by atoms with Crippen LogP contribution in [0.1, 0.15) is 30.1 Å². The fourth-order valence-corrected chi connectivity index (χ4v) is 2.31. The Kier molecular flexibility index (Phi) is 3.00. The van der Waals surface area contributed by atoms with E-state index in [9.17, 15) is 9.59 Å². The third-order valence-electron chi connectivity index (χ3n) is 3.57. The van der Waals surface area contributed by atoms with Crippen molar-refractivity contribution in [3.05, 3.63) is 23.8 Å². The van der Waals surface area contributed by atoms with Crippen LogP contribution in [-0.2, 0) is 4.79 Å². The number of fused-ring (bicyclic) bond motifs is 1. The topological polar surface area (TPSA) is 76.1 Å². The molecule has 6 heteroatoms. The number of ether oxygens (including phenoxy) is 2. The van der Waals surface area contributed by atoms with Gasteiger partial charge in [0.25, 0.3) is 5.91 Å². The normalized spacial score (nSPS) is 17.6. The summed E-state index contributed by atoms with van der Waals surface area (Å²) in [5.74, 6) is -0.146. The van der Waals surface area contributed by atoms with Crippen LogP contribution < -0.4 is 9.47 Å². The van der Waals surface area contributed by atoms with E-state index in [0.29, 0.717) is 17.1 Å². The summed E-state index contributed by atoms with van der Waals surface area (Å²) in [5.41, 5.74) is 0.425. The van der Waals surface area contributed by atoms with E-state index < -0.39 is 12.0 Å². The molecule has 1 atom stereocenters. The number of carboxylic acids is 1. The van der Waals surface area contributed by atoms with Gasteiger partial charge in [0.15, 0.2) is 11.5 Å². The van der Waals surface area contributed by atoms with Gasteiger partial charge in [-0.05, 0) is 38.0 Å². The van der Waals surface area contributed by atoms with Gasteiger partial charge in [0.1, 0.15) is 6.04 Å². The molecule has 1 amide bonds. The van der Waals surface area contributed by atoms with Crippen LogP contribution in [0.25, 0.3) is 0 Å². The number of aliphatic carboxylic acids is 1. The van der Waals surface area contributed by atoms with Crippen LogP contribution in [0.2, 0.25) is 0 Å². The maximum Gasteiger partial charge on any atom is 0.326 e. The van der Waals surface area contributed by atoms with E-state index in [-0.39, 0.29) is 18.7 Å². The predicted octanol–water partition coefficient (Wildman–Crippen LogP) is 1.49. The first-order valence-corrected chi connectivity index (χ1v) is 6.53. The van der Waals surface area contributed by atoms with Gasteiger partial charge in [0.2, 0.25) is 6.79 Å². The molecule has 0 bridgehead atoms. The Labute approximate surface area is 115 Å². The largest absolute Gasteiger partial charge is 0.480 e. The van der Waals surface area contributed by atoms with E-state index in [1.54, 1.807) is 18.2 Å². The van der Waals surface area contributed by atoms with E-state index in [0.717, 1.165) is 12.8 Å². The minimum atomic E-state index is -0.994. The molecule has 0 aromatic heterocycles. The maximum atomic E-state index is 12.5. The van der Waals surface area contributed by atoms with Gasteiger partial charge in [0.05, 0.1) is 0 Å². The average Bonchev–Trinajstić information content (AvgIpc) is 3.14. The lowest BCUT2D eigenvalue weighted by molar-refractivity contribution is -0.141. The highest BCUT2D eigenvalue weighted by atomic mass is 16.7. The minimum absolute atomic E-state index is 0.0269. The molecule has 106 valence electrons. The second-order valence-electron chi connectivity index (χ2n) is 5.03. The van der Waals surface area contributed by atoms with Crippen LogP contribution in [-0.4, -0.2) is 40.8 Å². The van der Waals surface area contributed by atoms with Gasteiger partial charge in [-0.3, -0.25) is 4.79 Å². The van der Waals surface area contributed by atoms with Crippen LogP contribution in [0.3, 0.4) is 0 Å². The molecule has 1 aliphatic carbocycles. The standard InChI is InChI=1S/C14H15NO5/c1-8(14(17)18)15(10-3-4-10)13(16)9-2-5-11-12(6-9)20-7-19-11/h2,5-6,8,10H,3-4,7H2,1H3,(H,17,18). The number of rotatable bonds is 4. The molecule has 1 aromatic carbocycles. The number of carboxylic acid groups (broad SMARTS) is 1. The first-order valence-electron chi connectivity index (χ1n) is 6.53. The summed E-state index contributed by atoms with van der Waals surface area (Å²) < 4.78 is 10.4. The zero-order valence-electron chi connectivity index (χ0n) is 11.0. The Bertz CT molecular complexity index is 567. The molecule has 0 saturated heterocycles. The van der Waals surface area contributed by atoms with Crippen molar-refractivity contribution < 1.29 is 24.2 Å². The van der Waals surface area contributed by atoms with E-state index in [2.05, 4.69) is 0 Å². The minimum Gasteiger partial charge on any atom is -0.480 e. The van der Waals surface area contributed by atoms with Crippen molar-refractivity contribution in [3.63, 3.8) is 0 Å². The van der Waals surface area contributed by atoms with Crippen LogP contribution in [0.15, 0.2) is 18.2 Å². The summed E-state index contributed by atoms with van der Waals surface area (Å²) in [6.45, 7) is 1.68. The summed E-state index contributed by atoms with van der Waals surface area (Å²) in [4.78, 5) is 25.1. The molecular formula is C14H15NO5. The molecule has 1 heterocycles. The second kappa shape index (κ2) is 4.70. The van der Waals surface area contributed by atoms with Crippen molar-refractivity contribution in [1.82, 2.24) is 4.90 Å². The third kappa shape index (κ3) is 2.17. The molecule has 2 aliphatic rings. The summed E-state index contributed by atoms with van der Waals surface area (Å²) in [6, 6.07) is 4.11. The molecule has 1 N–H and O–H groups in total. The van der Waals surface area contributed by atoms with Crippen molar-refractivity contribution in [2.75, 3.05) is 6.79 Å². The molecule has 0 spiro atoms. The molecule has 6 nitrogen and oxygen atoms in total. The van der Waals surface area contributed by atoms with Crippen LogP contribution in [0.5, 0.6) is 11.5 Å². The van der Waals surface area contributed by atoms with E-state index in [1.807, 2.05) is 0 Å². The number of hydrogen-bond acceptors (Lipinski definition) is 4. The number of amides is 1. The molecule has 1 aliphatic heterocycles. The SMILES string of the molecule is CC(C(=O)O)N(C(=O)c1ccc2c(c1)OCO2)C1CC1. The van der Waals surface area contributed by atoms with Gasteiger partial charge in [0, 0.05) is 11.6 Å². The van der Waals surface area contributed by atoms with E-state index in [4.69, 9.17) is 14.6 Å². The summed E-state index contributed by atoms with van der Waals surface area (Å²) in [6.07, 6.45) is 1.71. The van der Waals surface area contributed by atoms with Crippen LogP contribution >= 0.6 is 0 Å². The van der Waals surface area contributed by atoms with Crippen molar-refractivity contribution in [2.45, 2.75) is 31.8 Å². The third-order valence-corrected chi connectivity index (χ3v) is 3.57. The summed E-state index contributed by atoms with van der Waals surface area (Å²) in [7, 11) is 0. The fraction of sp³-hybridized carbons (Fsp3) is 0.429. The molecule has 0 radical (unpaired) electrons. The van der Waals surface area contributed by atoms with E-state index >= 15 is 0 Å². The highest BCUT2D eigenvalue weighted by Crippen LogP contribution is 2.35. The highest BCUT2D eigenvalue weighted by molar-refractivity contribution is 5.97. The lowest BCUT2D eigenvalue weighted by atomic mass is 10.1. The van der Waals surface area contributed by atoms with Gasteiger partial charge < -0.3 is 19.5 Å². The highest BCUT2D eigenvalue weighted by Gasteiger charge is 2.39. The number of nitrogens with zero attached hydrogens (tertiary/aromatic N) is 1. The average molecular weight is 277 g/mol. The Morgan fingerprint density at radius 3 is 2.65 bits per heavy atom. The zero-order valence-corrected chi connectivity index (χ0v) is 11.0. The molecule has 1 aromatic rings. The quantitative estimate of drug-likeness (QED) is 0.902. The second-order valence-corrected chi connectivity index (χ2v) is 5.03. The zero-order chi connectivity index (χ0) is 14.3.